The van der Waals surface area contributed by atoms with E-state index in [1.54, 1.807) is 11.8 Å². The number of thiazole rings is 1. The average molecular weight is 327 g/mol. The van der Waals surface area contributed by atoms with Crippen molar-refractivity contribution in [2.75, 3.05) is 12.4 Å². The van der Waals surface area contributed by atoms with E-state index in [1.165, 1.54) is 32.5 Å². The molecule has 5 rings (SSSR count). The Morgan fingerprint density at radius 3 is 3.05 bits per heavy atom. The number of ether oxygens (including phenoxy) is 1. The minimum Gasteiger partial charge on any atom is -0.493 e. The van der Waals surface area contributed by atoms with Crippen molar-refractivity contribution in [1.29, 1.82) is 0 Å². The van der Waals surface area contributed by atoms with Crippen LogP contribution in [-0.4, -0.2) is 17.3 Å². The zero-order valence-electron chi connectivity index (χ0n) is 11.7. The van der Waals surface area contributed by atoms with Gasteiger partial charge < -0.3 is 9.72 Å². The van der Waals surface area contributed by atoms with E-state index in [2.05, 4.69) is 41.4 Å². The fourth-order valence-corrected chi connectivity index (χ4v) is 5.97. The van der Waals surface area contributed by atoms with Gasteiger partial charge in [-0.2, -0.15) is 0 Å². The first kappa shape index (κ1) is 12.8. The summed E-state index contributed by atoms with van der Waals surface area (Å²) in [6.45, 7) is 0.731. The third-order valence-electron chi connectivity index (χ3n) is 4.53. The molecule has 0 saturated carbocycles. The average Bonchev–Trinajstić information content (AvgIpc) is 2.94. The molecule has 2 atom stereocenters. The van der Waals surface area contributed by atoms with Crippen molar-refractivity contribution in [3.63, 3.8) is 0 Å². The van der Waals surface area contributed by atoms with E-state index in [0.717, 1.165) is 23.1 Å². The summed E-state index contributed by atoms with van der Waals surface area (Å²) in [4.78, 5) is 16.1. The number of benzene rings is 2. The fraction of sp³-hybridized carbons (Fsp3) is 0.235. The minimum atomic E-state index is 0.0476. The first-order valence-electron chi connectivity index (χ1n) is 7.31. The van der Waals surface area contributed by atoms with Crippen LogP contribution in [0.1, 0.15) is 16.4 Å². The summed E-state index contributed by atoms with van der Waals surface area (Å²) in [6.07, 6.45) is 0. The summed E-state index contributed by atoms with van der Waals surface area (Å²) in [5, 5.41) is 3.53. The SMILES string of the molecule is O=c1[nH]c2c(s1)[C@H]1c3c(ccc4ccccc34)OC[C@H]1CS2. The lowest BCUT2D eigenvalue weighted by Gasteiger charge is -2.36. The molecule has 2 aliphatic heterocycles. The highest BCUT2D eigenvalue weighted by molar-refractivity contribution is 7.99. The molecule has 2 aliphatic rings. The van der Waals surface area contributed by atoms with Crippen LogP contribution in [0.25, 0.3) is 10.8 Å². The first-order chi connectivity index (χ1) is 10.8. The van der Waals surface area contributed by atoms with Crippen molar-refractivity contribution in [2.45, 2.75) is 10.9 Å². The third kappa shape index (κ3) is 1.72. The number of H-pyrrole nitrogens is 1. The predicted octanol–water partition coefficient (Wildman–Crippen LogP) is 3.84. The van der Waals surface area contributed by atoms with Crippen LogP contribution >= 0.6 is 23.1 Å². The van der Waals surface area contributed by atoms with Crippen LogP contribution < -0.4 is 9.61 Å². The van der Waals surface area contributed by atoms with Crippen LogP contribution in [0.5, 0.6) is 5.75 Å². The van der Waals surface area contributed by atoms with Gasteiger partial charge in [0.15, 0.2) is 0 Å². The van der Waals surface area contributed by atoms with Crippen LogP contribution in [0, 0.1) is 5.92 Å². The molecule has 0 aliphatic carbocycles. The summed E-state index contributed by atoms with van der Waals surface area (Å²) in [5.41, 5.74) is 1.26. The molecular formula is C17H13NO2S2. The van der Waals surface area contributed by atoms with Gasteiger partial charge in [-0.15, -0.1) is 11.8 Å². The minimum absolute atomic E-state index is 0.0476. The van der Waals surface area contributed by atoms with E-state index in [-0.39, 0.29) is 10.8 Å². The Kier molecular flexibility index (Phi) is 2.69. The highest BCUT2D eigenvalue weighted by Crippen LogP contribution is 2.51. The standard InChI is InChI=1S/C17H13NO2S2/c19-17-18-16-15(22-17)13-10(8-21-16)7-20-12-6-5-9-3-1-2-4-11(9)14(12)13/h1-6,10,13H,7-8H2,(H,18,19)/t10-,13+/m0/s1. The first-order valence-corrected chi connectivity index (χ1v) is 9.12. The normalized spacial score (nSPS) is 22.5. The summed E-state index contributed by atoms with van der Waals surface area (Å²) in [5.74, 6) is 2.67. The summed E-state index contributed by atoms with van der Waals surface area (Å²) < 4.78 is 6.03. The van der Waals surface area contributed by atoms with Crippen LogP contribution in [0.15, 0.2) is 46.2 Å². The van der Waals surface area contributed by atoms with Gasteiger partial charge in [-0.1, -0.05) is 41.7 Å². The van der Waals surface area contributed by atoms with Crippen LogP contribution in [-0.2, 0) is 0 Å². The van der Waals surface area contributed by atoms with E-state index in [0.29, 0.717) is 5.92 Å². The van der Waals surface area contributed by atoms with E-state index in [9.17, 15) is 4.79 Å². The second-order valence-corrected chi connectivity index (χ2v) is 7.81. The monoisotopic (exact) mass is 327 g/mol. The number of aromatic amines is 1. The Balaban J connectivity index is 1.84. The van der Waals surface area contributed by atoms with Gasteiger partial charge in [0.2, 0.25) is 0 Å². The predicted molar refractivity (Wildman–Crippen MR) is 90.4 cm³/mol. The molecule has 0 unspecified atom stereocenters. The number of fused-ring (bicyclic) bond motifs is 7. The number of aromatic nitrogens is 1. The van der Waals surface area contributed by atoms with E-state index in [1.807, 2.05) is 0 Å². The van der Waals surface area contributed by atoms with Crippen molar-refractivity contribution >= 4 is 33.9 Å². The molecular weight excluding hydrogens is 314 g/mol. The molecule has 110 valence electrons. The molecule has 5 heteroatoms. The molecule has 0 radical (unpaired) electrons. The fourth-order valence-electron chi connectivity index (χ4n) is 3.57. The van der Waals surface area contributed by atoms with Crippen LogP contribution in [0.4, 0.5) is 0 Å². The highest BCUT2D eigenvalue weighted by Gasteiger charge is 2.39. The maximum Gasteiger partial charge on any atom is 0.305 e. The molecule has 1 aromatic heterocycles. The van der Waals surface area contributed by atoms with Gasteiger partial charge in [0.1, 0.15) is 5.75 Å². The highest BCUT2D eigenvalue weighted by atomic mass is 32.2. The smallest absolute Gasteiger partial charge is 0.305 e. The molecule has 1 N–H and O–H groups in total. The van der Waals surface area contributed by atoms with Crippen molar-refractivity contribution in [3.05, 3.63) is 56.5 Å². The van der Waals surface area contributed by atoms with E-state index >= 15 is 0 Å². The van der Waals surface area contributed by atoms with Crippen molar-refractivity contribution < 1.29 is 4.74 Å². The molecule has 0 bridgehead atoms. The lowest BCUT2D eigenvalue weighted by Crippen LogP contribution is -2.30. The molecule has 22 heavy (non-hydrogen) atoms. The van der Waals surface area contributed by atoms with Gasteiger partial charge >= 0.3 is 4.87 Å². The van der Waals surface area contributed by atoms with Gasteiger partial charge in [0, 0.05) is 28.0 Å². The Morgan fingerprint density at radius 2 is 2.09 bits per heavy atom. The lowest BCUT2D eigenvalue weighted by molar-refractivity contribution is 0.220. The Hall–Kier alpha value is -1.72. The molecule has 3 aromatic rings. The van der Waals surface area contributed by atoms with Gasteiger partial charge in [-0.25, -0.2) is 0 Å². The summed E-state index contributed by atoms with van der Waals surface area (Å²) >= 11 is 3.11. The van der Waals surface area contributed by atoms with Gasteiger partial charge in [-0.05, 0) is 16.8 Å². The second kappa shape index (κ2) is 4.64. The van der Waals surface area contributed by atoms with Crippen molar-refractivity contribution in [3.8, 4) is 5.75 Å². The largest absolute Gasteiger partial charge is 0.493 e. The van der Waals surface area contributed by atoms with Crippen molar-refractivity contribution in [1.82, 2.24) is 4.98 Å². The molecule has 0 spiro atoms. The summed E-state index contributed by atoms with van der Waals surface area (Å²) in [6, 6.07) is 12.6. The molecule has 3 heterocycles. The molecule has 0 fully saturated rings. The maximum atomic E-state index is 11.8. The molecule has 0 amide bonds. The molecule has 2 aromatic carbocycles. The lowest BCUT2D eigenvalue weighted by atomic mass is 9.81. The van der Waals surface area contributed by atoms with Crippen LogP contribution in [0.3, 0.4) is 0 Å². The summed E-state index contributed by atoms with van der Waals surface area (Å²) in [7, 11) is 0. The Bertz CT molecular complexity index is 943. The Morgan fingerprint density at radius 1 is 1.18 bits per heavy atom. The third-order valence-corrected chi connectivity index (χ3v) is 6.83. The number of hydrogen-bond donors (Lipinski definition) is 1. The number of rotatable bonds is 0. The van der Waals surface area contributed by atoms with Gasteiger partial charge in [-0.3, -0.25) is 4.79 Å². The second-order valence-electron chi connectivity index (χ2n) is 5.77. The van der Waals surface area contributed by atoms with Crippen molar-refractivity contribution in [2.24, 2.45) is 5.92 Å². The van der Waals surface area contributed by atoms with Gasteiger partial charge in [0.25, 0.3) is 0 Å². The topological polar surface area (TPSA) is 42.1 Å². The quantitative estimate of drug-likeness (QED) is 0.682. The molecule has 3 nitrogen and oxygen atoms in total. The number of nitrogens with one attached hydrogen (secondary N) is 1. The zero-order chi connectivity index (χ0) is 14.7. The maximum absolute atomic E-state index is 11.8. The Labute approximate surface area is 135 Å². The zero-order valence-corrected chi connectivity index (χ0v) is 13.3. The van der Waals surface area contributed by atoms with Crippen LogP contribution in [0.2, 0.25) is 0 Å². The van der Waals surface area contributed by atoms with E-state index in [4.69, 9.17) is 4.74 Å². The molecule has 0 saturated heterocycles. The van der Waals surface area contributed by atoms with Gasteiger partial charge in [0.05, 0.1) is 11.6 Å². The van der Waals surface area contributed by atoms with E-state index < -0.39 is 0 Å². The number of hydrogen-bond acceptors (Lipinski definition) is 4. The number of thioether (sulfide) groups is 1.